The summed E-state index contributed by atoms with van der Waals surface area (Å²) in [4.78, 5) is 30.8. The summed E-state index contributed by atoms with van der Waals surface area (Å²) in [6, 6.07) is 3.37. The number of carbonyl (C=O) groups is 1. The number of likely N-dealkylation sites (tertiary alicyclic amines) is 2. The first-order valence-electron chi connectivity index (χ1n) is 14.4. The molecule has 2 aromatic heterocycles. The number of piperidine rings is 1. The molecule has 2 aromatic rings. The quantitative estimate of drug-likeness (QED) is 0.478. The summed E-state index contributed by atoms with van der Waals surface area (Å²) in [5.41, 5.74) is -1.89. The van der Waals surface area contributed by atoms with Gasteiger partial charge in [0.2, 0.25) is 0 Å². The zero-order valence-corrected chi connectivity index (χ0v) is 24.3. The largest absolute Gasteiger partial charge is 0.436 e. The number of fused-ring (bicyclic) bond motifs is 1. The lowest BCUT2D eigenvalue weighted by atomic mass is 9.83. The van der Waals surface area contributed by atoms with E-state index in [0.717, 1.165) is 17.5 Å². The van der Waals surface area contributed by atoms with Crippen molar-refractivity contribution in [3.8, 4) is 6.07 Å². The van der Waals surface area contributed by atoms with Crippen LogP contribution < -0.4 is 5.32 Å². The Morgan fingerprint density at radius 2 is 2.00 bits per heavy atom. The smallest absolute Gasteiger partial charge is 0.350 e. The molecule has 4 aliphatic rings. The summed E-state index contributed by atoms with van der Waals surface area (Å²) in [6.07, 6.45) is 5.54. The van der Waals surface area contributed by atoms with E-state index in [4.69, 9.17) is 0 Å². The summed E-state index contributed by atoms with van der Waals surface area (Å²) in [5, 5.41) is 17.4. The summed E-state index contributed by atoms with van der Waals surface area (Å²) in [6.45, 7) is 1.76. The summed E-state index contributed by atoms with van der Waals surface area (Å²) < 4.78 is 57.4. The van der Waals surface area contributed by atoms with Crippen LogP contribution in [0.15, 0.2) is 40.7 Å². The van der Waals surface area contributed by atoms with Crippen LogP contribution in [-0.4, -0.2) is 93.9 Å². The fourth-order valence-corrected chi connectivity index (χ4v) is 6.49. The Morgan fingerprint density at radius 3 is 2.68 bits per heavy atom. The molecule has 0 radical (unpaired) electrons. The van der Waals surface area contributed by atoms with E-state index in [-0.39, 0.29) is 49.8 Å². The molecular formula is C29H32F4N10O. The molecule has 6 rings (SSSR count). The van der Waals surface area contributed by atoms with E-state index in [2.05, 4.69) is 36.4 Å². The van der Waals surface area contributed by atoms with Crippen LogP contribution in [0.3, 0.4) is 0 Å². The van der Waals surface area contributed by atoms with Crippen molar-refractivity contribution in [2.75, 3.05) is 40.3 Å². The van der Waals surface area contributed by atoms with Gasteiger partial charge in [-0.2, -0.15) is 23.5 Å². The minimum atomic E-state index is -5.03. The molecule has 44 heavy (non-hydrogen) atoms. The normalized spacial score (nSPS) is 23.2. The number of hydrogen-bond donors (Lipinski definition) is 1. The van der Waals surface area contributed by atoms with Crippen LogP contribution in [0.25, 0.3) is 0 Å². The molecule has 2 fully saturated rings. The lowest BCUT2D eigenvalue weighted by Crippen LogP contribution is -2.66. The Bertz CT molecular complexity index is 1560. The Hall–Kier alpha value is -4.16. The van der Waals surface area contributed by atoms with E-state index in [1.165, 1.54) is 4.90 Å². The third-order valence-electron chi connectivity index (χ3n) is 8.70. The second-order valence-corrected chi connectivity index (χ2v) is 12.0. The number of nitriles is 1. The number of nitrogens with zero attached hydrogens (tertiary/aromatic N) is 9. The van der Waals surface area contributed by atoms with Crippen LogP contribution in [0.2, 0.25) is 0 Å². The van der Waals surface area contributed by atoms with Crippen molar-refractivity contribution in [2.45, 2.75) is 49.6 Å². The van der Waals surface area contributed by atoms with Crippen LogP contribution in [0.4, 0.5) is 17.6 Å². The summed E-state index contributed by atoms with van der Waals surface area (Å²) >= 11 is 0. The highest BCUT2D eigenvalue weighted by molar-refractivity contribution is 5.96. The monoisotopic (exact) mass is 612 g/mol. The van der Waals surface area contributed by atoms with Crippen LogP contribution in [0, 0.1) is 23.1 Å². The number of alkyl halides is 3. The van der Waals surface area contributed by atoms with Gasteiger partial charge >= 0.3 is 6.18 Å². The molecule has 11 nitrogen and oxygen atoms in total. The van der Waals surface area contributed by atoms with Crippen molar-refractivity contribution in [1.82, 2.24) is 34.8 Å². The van der Waals surface area contributed by atoms with Crippen LogP contribution in [0.1, 0.15) is 52.6 Å². The maximum atomic E-state index is 15.0. The molecule has 0 bridgehead atoms. The Kier molecular flexibility index (Phi) is 7.75. The first kappa shape index (κ1) is 29.9. The average molecular weight is 613 g/mol. The van der Waals surface area contributed by atoms with E-state index < -0.39 is 34.7 Å². The zero-order valence-electron chi connectivity index (χ0n) is 24.3. The van der Waals surface area contributed by atoms with Gasteiger partial charge in [0.1, 0.15) is 17.7 Å². The number of amidine groups is 1. The van der Waals surface area contributed by atoms with Crippen molar-refractivity contribution in [3.63, 3.8) is 0 Å². The van der Waals surface area contributed by atoms with E-state index in [9.17, 15) is 27.6 Å². The molecule has 2 atom stereocenters. The second-order valence-electron chi connectivity index (χ2n) is 12.0. The highest BCUT2D eigenvalue weighted by Gasteiger charge is 2.49. The fraction of sp³-hybridized carbons (Fsp3) is 0.517. The van der Waals surface area contributed by atoms with Gasteiger partial charge in [-0.1, -0.05) is 6.08 Å². The third kappa shape index (κ3) is 5.48. The standard InChI is InChI=1S/C29H32F4N10O/c1-40(2)14-19-11-22(23(30)25(39-19)29(31,32)33)27(44)41-9-4-20(5-10-41)42-15-28(16-42,6-7-34)43-13-18(12-38-43)24-21-3-8-35-26(21)37-17-36-24/h3,8,11-13,17,20-21,24H,4-6,9-10,14-16H2,1-2H3,(H,35,36,37). The molecule has 4 aliphatic heterocycles. The van der Waals surface area contributed by atoms with Crippen molar-refractivity contribution in [1.29, 1.82) is 5.26 Å². The molecule has 0 aliphatic carbocycles. The number of aromatic nitrogens is 3. The average Bonchev–Trinajstić information content (AvgIpc) is 3.65. The second kappa shape index (κ2) is 11.4. The molecule has 0 spiro atoms. The molecule has 15 heteroatoms. The molecule has 0 aromatic carbocycles. The topological polar surface area (TPSA) is 118 Å². The Morgan fingerprint density at radius 1 is 1.25 bits per heavy atom. The van der Waals surface area contributed by atoms with E-state index >= 15 is 0 Å². The molecule has 232 valence electrons. The number of halogens is 4. The Balaban J connectivity index is 1.11. The minimum absolute atomic E-state index is 0.00981. The van der Waals surface area contributed by atoms with Gasteiger partial charge in [0, 0.05) is 50.5 Å². The van der Waals surface area contributed by atoms with Gasteiger partial charge in [-0.05, 0) is 39.2 Å². The zero-order chi connectivity index (χ0) is 31.2. The van der Waals surface area contributed by atoms with E-state index in [1.54, 1.807) is 31.5 Å². The minimum Gasteiger partial charge on any atom is -0.350 e. The number of rotatable bonds is 7. The molecule has 1 amide bonds. The maximum absolute atomic E-state index is 15.0. The predicted molar refractivity (Wildman–Crippen MR) is 152 cm³/mol. The van der Waals surface area contributed by atoms with Gasteiger partial charge in [-0.25, -0.2) is 14.4 Å². The third-order valence-corrected chi connectivity index (χ3v) is 8.70. The first-order valence-corrected chi connectivity index (χ1v) is 14.4. The molecule has 2 unspecified atom stereocenters. The number of carbonyl (C=O) groups excluding carboxylic acids is 1. The van der Waals surface area contributed by atoms with Gasteiger partial charge in [0.25, 0.3) is 5.91 Å². The predicted octanol–water partition coefficient (Wildman–Crippen LogP) is 2.94. The SMILES string of the molecule is CN(C)Cc1cc(C(=O)N2CCC(N3CC(CC#N)(n4cc(C5N=CN=C6NC=CC65)cn4)C3)CC2)c(F)c(C(F)(F)F)n1. The molecule has 2 saturated heterocycles. The molecular weight excluding hydrogens is 580 g/mol. The number of hydrogen-bond acceptors (Lipinski definition) is 9. The molecule has 1 N–H and O–H groups in total. The number of aliphatic imine (C=N–C) groups is 2. The van der Waals surface area contributed by atoms with Crippen molar-refractivity contribution >= 4 is 18.1 Å². The maximum Gasteiger partial charge on any atom is 0.436 e. The van der Waals surface area contributed by atoms with Crippen LogP contribution >= 0.6 is 0 Å². The summed E-state index contributed by atoms with van der Waals surface area (Å²) in [5.74, 6) is -1.56. The van der Waals surface area contributed by atoms with Gasteiger partial charge in [-0.15, -0.1) is 0 Å². The van der Waals surface area contributed by atoms with Crippen LogP contribution in [-0.2, 0) is 18.3 Å². The Labute approximate surface area is 251 Å². The summed E-state index contributed by atoms with van der Waals surface area (Å²) in [7, 11) is 3.30. The highest BCUT2D eigenvalue weighted by Crippen LogP contribution is 2.39. The van der Waals surface area contributed by atoms with E-state index in [1.807, 2.05) is 23.2 Å². The van der Waals surface area contributed by atoms with Crippen molar-refractivity contribution in [2.24, 2.45) is 15.9 Å². The van der Waals surface area contributed by atoms with Gasteiger partial charge in [0.05, 0.1) is 41.9 Å². The van der Waals surface area contributed by atoms with Crippen molar-refractivity contribution < 1.29 is 22.4 Å². The highest BCUT2D eigenvalue weighted by atomic mass is 19.4. The van der Waals surface area contributed by atoms with Gasteiger partial charge in [-0.3, -0.25) is 19.4 Å². The lowest BCUT2D eigenvalue weighted by molar-refractivity contribution is -0.143. The van der Waals surface area contributed by atoms with Gasteiger partial charge < -0.3 is 15.1 Å². The number of pyridine rings is 1. The van der Waals surface area contributed by atoms with Crippen molar-refractivity contribution in [3.05, 3.63) is 59.1 Å². The fourth-order valence-electron chi connectivity index (χ4n) is 6.49. The first-order chi connectivity index (χ1) is 21.0. The van der Waals surface area contributed by atoms with E-state index in [0.29, 0.717) is 25.9 Å². The number of nitrogens with one attached hydrogen (secondary N) is 1. The molecule has 6 heterocycles. The number of amides is 1. The van der Waals surface area contributed by atoms with Gasteiger partial charge in [0.15, 0.2) is 11.5 Å². The molecule has 0 saturated carbocycles. The lowest BCUT2D eigenvalue weighted by Gasteiger charge is -2.53. The van der Waals surface area contributed by atoms with Crippen LogP contribution in [0.5, 0.6) is 0 Å².